The third-order valence-corrected chi connectivity index (χ3v) is 6.66. The summed E-state index contributed by atoms with van der Waals surface area (Å²) in [4.78, 5) is 28.0. The Balaban J connectivity index is 1.93. The van der Waals surface area contributed by atoms with Crippen molar-refractivity contribution in [2.75, 3.05) is 14.2 Å². The van der Waals surface area contributed by atoms with Crippen molar-refractivity contribution >= 4 is 40.7 Å². The molecule has 1 unspecified atom stereocenters. The van der Waals surface area contributed by atoms with Crippen molar-refractivity contribution in [3.63, 3.8) is 0 Å². The van der Waals surface area contributed by atoms with Crippen LogP contribution in [0.1, 0.15) is 42.9 Å². The van der Waals surface area contributed by atoms with Crippen LogP contribution in [0.25, 0.3) is 5.76 Å². The molecule has 1 saturated heterocycles. The lowest BCUT2D eigenvalue weighted by Gasteiger charge is -2.30. The van der Waals surface area contributed by atoms with Crippen LogP contribution in [-0.4, -0.2) is 42.0 Å². The number of methoxy groups -OCH3 is 2. The first-order valence-electron chi connectivity index (χ1n) is 10.3. The quantitative estimate of drug-likeness (QED) is 0.357. The van der Waals surface area contributed by atoms with Gasteiger partial charge in [0.25, 0.3) is 11.7 Å². The summed E-state index contributed by atoms with van der Waals surface area (Å²) in [6.45, 7) is 0. The summed E-state index contributed by atoms with van der Waals surface area (Å²) in [5.41, 5.74) is 0.908. The Kier molecular flexibility index (Phi) is 6.35. The number of benzene rings is 2. The SMILES string of the molecule is COc1cc(OC)c(/C(O)=C2\C(=O)C(=O)N(C3CCCC3)C2c2ccc(Cl)cc2)cc1Cl. The van der Waals surface area contributed by atoms with Gasteiger partial charge in [-0.2, -0.15) is 0 Å². The molecule has 0 radical (unpaired) electrons. The van der Waals surface area contributed by atoms with Crippen molar-refractivity contribution in [2.45, 2.75) is 37.8 Å². The van der Waals surface area contributed by atoms with Gasteiger partial charge in [0.05, 0.1) is 36.4 Å². The molecule has 1 atom stereocenters. The van der Waals surface area contributed by atoms with E-state index in [1.54, 1.807) is 29.2 Å². The number of rotatable bonds is 5. The Morgan fingerprint density at radius 3 is 2.22 bits per heavy atom. The summed E-state index contributed by atoms with van der Waals surface area (Å²) in [6.07, 6.45) is 3.61. The van der Waals surface area contributed by atoms with Gasteiger partial charge < -0.3 is 19.5 Å². The number of hydrogen-bond donors (Lipinski definition) is 1. The van der Waals surface area contributed by atoms with Gasteiger partial charge in [-0.25, -0.2) is 0 Å². The Morgan fingerprint density at radius 1 is 1.00 bits per heavy atom. The maximum absolute atomic E-state index is 13.2. The highest BCUT2D eigenvalue weighted by Gasteiger charge is 2.49. The lowest BCUT2D eigenvalue weighted by molar-refractivity contribution is -0.141. The molecule has 1 saturated carbocycles. The van der Waals surface area contributed by atoms with Crippen LogP contribution in [0.4, 0.5) is 0 Å². The van der Waals surface area contributed by atoms with E-state index >= 15 is 0 Å². The number of ketones is 1. The maximum atomic E-state index is 13.2. The normalized spacial score (nSPS) is 20.8. The number of carbonyl (C=O) groups excluding carboxylic acids is 2. The number of carbonyl (C=O) groups is 2. The average Bonchev–Trinajstić information content (AvgIpc) is 3.40. The highest BCUT2D eigenvalue weighted by atomic mass is 35.5. The van der Waals surface area contributed by atoms with E-state index in [4.69, 9.17) is 32.7 Å². The molecule has 1 heterocycles. The third-order valence-electron chi connectivity index (χ3n) is 6.11. The first kappa shape index (κ1) is 22.5. The van der Waals surface area contributed by atoms with Crippen molar-refractivity contribution < 1.29 is 24.2 Å². The van der Waals surface area contributed by atoms with Crippen LogP contribution in [0.15, 0.2) is 42.0 Å². The van der Waals surface area contributed by atoms with Crippen LogP contribution in [0.2, 0.25) is 10.0 Å². The minimum Gasteiger partial charge on any atom is -0.507 e. The van der Waals surface area contributed by atoms with Gasteiger partial charge in [-0.1, -0.05) is 48.2 Å². The number of amides is 1. The molecule has 32 heavy (non-hydrogen) atoms. The zero-order valence-corrected chi connectivity index (χ0v) is 19.2. The van der Waals surface area contributed by atoms with Gasteiger partial charge in [0, 0.05) is 17.1 Å². The second kappa shape index (κ2) is 9.04. The predicted molar refractivity (Wildman–Crippen MR) is 122 cm³/mol. The third kappa shape index (κ3) is 3.82. The lowest BCUT2D eigenvalue weighted by Crippen LogP contribution is -2.37. The number of nitrogens with zero attached hydrogens (tertiary/aromatic N) is 1. The second-order valence-corrected chi connectivity index (χ2v) is 8.73. The Morgan fingerprint density at radius 2 is 1.62 bits per heavy atom. The number of hydrogen-bond acceptors (Lipinski definition) is 5. The van der Waals surface area contributed by atoms with E-state index < -0.39 is 17.7 Å². The van der Waals surface area contributed by atoms with Gasteiger partial charge in [-0.15, -0.1) is 0 Å². The van der Waals surface area contributed by atoms with Gasteiger partial charge in [0.2, 0.25) is 0 Å². The molecule has 0 spiro atoms. The predicted octanol–water partition coefficient (Wildman–Crippen LogP) is 5.37. The fourth-order valence-electron chi connectivity index (χ4n) is 4.57. The minimum atomic E-state index is -0.735. The first-order chi connectivity index (χ1) is 15.4. The summed E-state index contributed by atoms with van der Waals surface area (Å²) in [6, 6.07) is 9.14. The molecule has 1 amide bonds. The lowest BCUT2D eigenvalue weighted by atomic mass is 9.94. The molecule has 8 heteroatoms. The second-order valence-electron chi connectivity index (χ2n) is 7.88. The zero-order chi connectivity index (χ0) is 23.0. The van der Waals surface area contributed by atoms with Gasteiger partial charge in [-0.05, 0) is 36.6 Å². The summed E-state index contributed by atoms with van der Waals surface area (Å²) in [5.74, 6) is -1.06. The van der Waals surface area contributed by atoms with E-state index in [2.05, 4.69) is 0 Å². The molecular weight excluding hydrogens is 453 g/mol. The Bertz CT molecular complexity index is 1090. The minimum absolute atomic E-state index is 0.00348. The molecule has 2 fully saturated rings. The standard InChI is InChI=1S/C24H23Cl2NO5/c1-31-18-12-19(32-2)17(26)11-16(18)22(28)20-21(13-7-9-14(25)10-8-13)27(24(30)23(20)29)15-5-3-4-6-15/h7-12,15,21,28H,3-6H2,1-2H3/b22-20+. The smallest absolute Gasteiger partial charge is 0.295 e. The van der Waals surface area contributed by atoms with Crippen LogP contribution >= 0.6 is 23.2 Å². The molecule has 2 aromatic rings. The molecule has 2 aromatic carbocycles. The number of ether oxygens (including phenoxy) is 2. The summed E-state index contributed by atoms with van der Waals surface area (Å²) < 4.78 is 10.6. The van der Waals surface area contributed by atoms with Crippen molar-refractivity contribution in [3.8, 4) is 11.5 Å². The molecule has 1 N–H and O–H groups in total. The molecule has 2 aliphatic rings. The zero-order valence-electron chi connectivity index (χ0n) is 17.7. The van der Waals surface area contributed by atoms with Crippen molar-refractivity contribution in [3.05, 3.63) is 63.1 Å². The van der Waals surface area contributed by atoms with E-state index in [0.29, 0.717) is 16.3 Å². The van der Waals surface area contributed by atoms with E-state index in [9.17, 15) is 14.7 Å². The fourth-order valence-corrected chi connectivity index (χ4v) is 4.94. The first-order valence-corrected chi connectivity index (χ1v) is 11.1. The molecule has 0 bridgehead atoms. The molecule has 6 nitrogen and oxygen atoms in total. The van der Waals surface area contributed by atoms with E-state index in [0.717, 1.165) is 25.7 Å². The van der Waals surface area contributed by atoms with Gasteiger partial charge >= 0.3 is 0 Å². The number of halogens is 2. The molecule has 1 aliphatic heterocycles. The van der Waals surface area contributed by atoms with Crippen LogP contribution in [0.3, 0.4) is 0 Å². The summed E-state index contributed by atoms with van der Waals surface area (Å²) in [5, 5.41) is 12.1. The average molecular weight is 476 g/mol. The van der Waals surface area contributed by atoms with Crippen LogP contribution in [0.5, 0.6) is 11.5 Å². The largest absolute Gasteiger partial charge is 0.507 e. The Labute approximate surface area is 196 Å². The summed E-state index contributed by atoms with van der Waals surface area (Å²) in [7, 11) is 2.90. The topological polar surface area (TPSA) is 76.1 Å². The number of aliphatic hydroxyl groups excluding tert-OH is 1. The van der Waals surface area contributed by atoms with Crippen LogP contribution in [-0.2, 0) is 9.59 Å². The van der Waals surface area contributed by atoms with E-state index in [1.165, 1.54) is 26.4 Å². The van der Waals surface area contributed by atoms with Crippen LogP contribution < -0.4 is 9.47 Å². The highest BCUT2D eigenvalue weighted by Crippen LogP contribution is 2.45. The van der Waals surface area contributed by atoms with Gasteiger partial charge in [-0.3, -0.25) is 9.59 Å². The van der Waals surface area contributed by atoms with Crippen molar-refractivity contribution in [1.29, 1.82) is 0 Å². The van der Waals surface area contributed by atoms with Crippen molar-refractivity contribution in [2.24, 2.45) is 0 Å². The highest BCUT2D eigenvalue weighted by molar-refractivity contribution is 6.46. The van der Waals surface area contributed by atoms with Gasteiger partial charge in [0.15, 0.2) is 0 Å². The monoisotopic (exact) mass is 475 g/mol. The number of likely N-dealkylation sites (tertiary alicyclic amines) is 1. The van der Waals surface area contributed by atoms with E-state index in [-0.39, 0.29) is 33.7 Å². The molecular formula is C24H23Cl2NO5. The number of Topliss-reactive ketones (excluding diaryl/α,β-unsaturated/α-hetero) is 1. The molecule has 4 rings (SSSR count). The van der Waals surface area contributed by atoms with E-state index in [1.807, 2.05) is 0 Å². The maximum Gasteiger partial charge on any atom is 0.295 e. The molecule has 168 valence electrons. The number of aliphatic hydroxyl groups is 1. The Hall–Kier alpha value is -2.70. The fraction of sp³-hybridized carbons (Fsp3) is 0.333. The van der Waals surface area contributed by atoms with Crippen molar-refractivity contribution in [1.82, 2.24) is 4.90 Å². The summed E-state index contributed by atoms with van der Waals surface area (Å²) >= 11 is 12.4. The van der Waals surface area contributed by atoms with Gasteiger partial charge in [0.1, 0.15) is 17.3 Å². The molecule has 1 aliphatic carbocycles. The molecule has 0 aromatic heterocycles. The van der Waals surface area contributed by atoms with Crippen LogP contribution in [0, 0.1) is 0 Å².